The number of aliphatic hydroxyl groups is 1. The highest BCUT2D eigenvalue weighted by Gasteiger charge is 2.71. The Labute approximate surface area is 328 Å². The molecule has 5 aliphatic rings. The molecule has 55 heavy (non-hydrogen) atoms. The van der Waals surface area contributed by atoms with E-state index in [4.69, 9.17) is 9.68 Å². The summed E-state index contributed by atoms with van der Waals surface area (Å²) in [4.78, 5) is 14.7. The Morgan fingerprint density at radius 3 is 2.44 bits per heavy atom. The third kappa shape index (κ3) is 5.94. The molecule has 2 aromatic carbocycles. The highest BCUT2D eigenvalue weighted by atomic mass is 16.4. The van der Waals surface area contributed by atoms with Crippen LogP contribution in [0.2, 0.25) is 0 Å². The Morgan fingerprint density at radius 2 is 1.69 bits per heavy atom. The smallest absolute Gasteiger partial charge is 0.247 e. The Kier molecular flexibility index (Phi) is 9.51. The first kappa shape index (κ1) is 38.1. The Hall–Kier alpha value is -3.76. The zero-order valence-electron chi connectivity index (χ0n) is 34.1. The molecule has 7 heteroatoms. The number of hydrogen-bond donors (Lipinski definition) is 2. The van der Waals surface area contributed by atoms with Crippen molar-refractivity contribution in [2.45, 2.75) is 125 Å². The van der Waals surface area contributed by atoms with Crippen molar-refractivity contribution in [1.82, 2.24) is 15.5 Å². The molecule has 1 aromatic heterocycles. The maximum Gasteiger partial charge on any atom is 0.247 e. The number of benzene rings is 2. The molecule has 292 valence electrons. The largest absolute Gasteiger partial charge is 0.420 e. The zero-order chi connectivity index (χ0) is 39.0. The highest BCUT2D eigenvalue weighted by molar-refractivity contribution is 5.84. The van der Waals surface area contributed by atoms with E-state index in [0.29, 0.717) is 59.9 Å². The van der Waals surface area contributed by atoms with Crippen LogP contribution in [0.5, 0.6) is 0 Å². The van der Waals surface area contributed by atoms with Gasteiger partial charge in [-0.3, -0.25) is 4.79 Å². The van der Waals surface area contributed by atoms with Crippen LogP contribution in [0.15, 0.2) is 65.1 Å². The van der Waals surface area contributed by atoms with E-state index in [1.165, 1.54) is 31.3 Å². The highest BCUT2D eigenvalue weighted by Crippen LogP contribution is 2.77. The molecule has 5 saturated carbocycles. The van der Waals surface area contributed by atoms with Crippen LogP contribution < -0.4 is 5.32 Å². The summed E-state index contributed by atoms with van der Waals surface area (Å²) < 4.78 is 6.05. The molecule has 0 bridgehead atoms. The van der Waals surface area contributed by atoms with Crippen LogP contribution in [0.1, 0.15) is 128 Å². The minimum Gasteiger partial charge on any atom is -0.420 e. The third-order valence-electron chi connectivity index (χ3n) is 17.3. The fraction of sp³-hybridized carbons (Fsp3) is 0.625. The van der Waals surface area contributed by atoms with Crippen molar-refractivity contribution < 1.29 is 14.3 Å². The van der Waals surface area contributed by atoms with Crippen molar-refractivity contribution >= 4 is 5.91 Å². The van der Waals surface area contributed by atoms with Crippen LogP contribution in [0, 0.1) is 68.0 Å². The maximum absolute atomic E-state index is 14.7. The van der Waals surface area contributed by atoms with Gasteiger partial charge in [-0.2, -0.15) is 5.26 Å². The summed E-state index contributed by atoms with van der Waals surface area (Å²) in [6.45, 7) is 19.9. The second-order valence-corrected chi connectivity index (χ2v) is 19.9. The van der Waals surface area contributed by atoms with Crippen molar-refractivity contribution in [3.63, 3.8) is 0 Å². The van der Waals surface area contributed by atoms with Crippen LogP contribution in [0.25, 0.3) is 11.5 Å². The molecular weight excluding hydrogens is 681 g/mol. The number of aromatic nitrogens is 2. The summed E-state index contributed by atoms with van der Waals surface area (Å²) in [5.74, 6) is 3.69. The van der Waals surface area contributed by atoms with Gasteiger partial charge in [0.2, 0.25) is 17.7 Å². The number of allylic oxidation sites excluding steroid dienone is 1. The molecule has 0 spiro atoms. The topological polar surface area (TPSA) is 112 Å². The van der Waals surface area contributed by atoms with Gasteiger partial charge in [0.1, 0.15) is 0 Å². The monoisotopic (exact) mass is 742 g/mol. The predicted octanol–water partition coefficient (Wildman–Crippen LogP) is 9.88. The molecule has 0 radical (unpaired) electrons. The lowest BCUT2D eigenvalue weighted by molar-refractivity contribution is -0.246. The molecule has 0 saturated heterocycles. The molecule has 5 fully saturated rings. The normalized spacial score (nSPS) is 37.4. The number of nitriles is 1. The van der Waals surface area contributed by atoms with Gasteiger partial charge in [0.15, 0.2) is 0 Å². The first-order valence-electron chi connectivity index (χ1n) is 21.2. The van der Waals surface area contributed by atoms with E-state index in [1.807, 2.05) is 24.3 Å². The Balaban J connectivity index is 0.970. The van der Waals surface area contributed by atoms with Gasteiger partial charge in [0, 0.05) is 12.1 Å². The van der Waals surface area contributed by atoms with Crippen LogP contribution in [0.3, 0.4) is 0 Å². The number of hydrogen-bond acceptors (Lipinski definition) is 6. The predicted molar refractivity (Wildman–Crippen MR) is 215 cm³/mol. The number of aliphatic hydroxyl groups excluding tert-OH is 1. The lowest BCUT2D eigenvalue weighted by Crippen LogP contribution is -2.67. The number of rotatable bonds is 8. The summed E-state index contributed by atoms with van der Waals surface area (Å²) in [6, 6.07) is 17.8. The fourth-order valence-electron chi connectivity index (χ4n) is 14.2. The summed E-state index contributed by atoms with van der Waals surface area (Å²) in [7, 11) is 0. The van der Waals surface area contributed by atoms with Crippen LogP contribution in [0.4, 0.5) is 0 Å². The van der Waals surface area contributed by atoms with E-state index in [9.17, 15) is 9.90 Å². The van der Waals surface area contributed by atoms with Gasteiger partial charge in [0.05, 0.1) is 29.6 Å². The fourth-order valence-corrected chi connectivity index (χ4v) is 14.2. The van der Waals surface area contributed by atoms with E-state index in [2.05, 4.69) is 81.8 Å². The van der Waals surface area contributed by atoms with E-state index < -0.39 is 0 Å². The molecule has 8 rings (SSSR count). The summed E-state index contributed by atoms with van der Waals surface area (Å²) in [5, 5.41) is 32.3. The molecule has 1 amide bonds. The van der Waals surface area contributed by atoms with Gasteiger partial charge in [-0.25, -0.2) is 0 Å². The summed E-state index contributed by atoms with van der Waals surface area (Å²) in [6.07, 6.45) is 12.0. The molecule has 10 atom stereocenters. The van der Waals surface area contributed by atoms with Gasteiger partial charge in [-0.1, -0.05) is 71.0 Å². The van der Waals surface area contributed by atoms with Gasteiger partial charge < -0.3 is 14.8 Å². The Morgan fingerprint density at radius 1 is 0.909 bits per heavy atom. The second kappa shape index (κ2) is 13.7. The number of carbonyl (C=O) groups is 1. The first-order chi connectivity index (χ1) is 26.2. The van der Waals surface area contributed by atoms with Crippen LogP contribution >= 0.6 is 0 Å². The maximum atomic E-state index is 14.7. The van der Waals surface area contributed by atoms with E-state index in [1.54, 1.807) is 12.1 Å². The van der Waals surface area contributed by atoms with Crippen LogP contribution in [-0.2, 0) is 17.6 Å². The zero-order valence-corrected chi connectivity index (χ0v) is 34.1. The molecule has 0 aliphatic heterocycles. The summed E-state index contributed by atoms with van der Waals surface area (Å²) in [5.41, 5.74) is 5.13. The van der Waals surface area contributed by atoms with Crippen molar-refractivity contribution in [3.05, 3.63) is 83.3 Å². The standard InChI is InChI=1S/C48H62N4O3/c1-30(2)35-17-23-48(25-24-46(6)36(41(35)48)15-16-38-45(5)21-19-39(53)44(3,4)37(45)18-22-47(38,46)7)43(54)50-26-20-31-9-8-10-34(27-31)42-52-51-40(55-42)28-32-11-13-33(29-49)14-12-32/h8-14,27,35-39,41,53H,1,15-26,28H2,2-7H3,(H,50,54)/t35-,36?,37?,38?,39-,41?,45?,46+,47+,48-/m0/s1. The number of nitrogens with one attached hydrogen (secondary N) is 1. The molecule has 3 aromatic rings. The van der Waals surface area contributed by atoms with E-state index in [-0.39, 0.29) is 39.1 Å². The van der Waals surface area contributed by atoms with Crippen LogP contribution in [-0.4, -0.2) is 33.9 Å². The lowest BCUT2D eigenvalue weighted by atomic mass is 9.32. The van der Waals surface area contributed by atoms with Crippen molar-refractivity contribution in [2.24, 2.45) is 56.7 Å². The van der Waals surface area contributed by atoms with Crippen molar-refractivity contribution in [3.8, 4) is 17.5 Å². The molecule has 2 N–H and O–H groups in total. The van der Waals surface area contributed by atoms with Gasteiger partial charge in [-0.05, 0) is 164 Å². The van der Waals surface area contributed by atoms with Gasteiger partial charge in [0.25, 0.3) is 0 Å². The molecular formula is C48H62N4O3. The summed E-state index contributed by atoms with van der Waals surface area (Å²) >= 11 is 0. The first-order valence-corrected chi connectivity index (χ1v) is 21.2. The minimum absolute atomic E-state index is 0.0475. The van der Waals surface area contributed by atoms with E-state index in [0.717, 1.165) is 61.6 Å². The number of fused-ring (bicyclic) bond motifs is 7. The van der Waals surface area contributed by atoms with Gasteiger partial charge >= 0.3 is 0 Å². The average Bonchev–Trinajstić information content (AvgIpc) is 3.80. The second-order valence-electron chi connectivity index (χ2n) is 19.9. The number of nitrogens with zero attached hydrogens (tertiary/aromatic N) is 3. The minimum atomic E-state index is -0.341. The van der Waals surface area contributed by atoms with Crippen molar-refractivity contribution in [2.75, 3.05) is 6.54 Å². The number of carbonyl (C=O) groups excluding carboxylic acids is 1. The molecule has 7 nitrogen and oxygen atoms in total. The quantitative estimate of drug-likeness (QED) is 0.222. The average molecular weight is 743 g/mol. The lowest BCUT2D eigenvalue weighted by Gasteiger charge is -2.72. The Bertz CT molecular complexity index is 1990. The van der Waals surface area contributed by atoms with Crippen molar-refractivity contribution in [1.29, 1.82) is 5.26 Å². The SMILES string of the molecule is C=C(C)[C@@H]1CC[C@]2(C(=O)NCCc3cccc(-c4nnc(Cc5ccc(C#N)cc5)o4)c3)CC[C@]3(C)C(CCC4C5(C)CC[C@H](O)C(C)(C)C5CC[C@]43C)C12. The third-order valence-corrected chi connectivity index (χ3v) is 17.3. The van der Waals surface area contributed by atoms with E-state index >= 15 is 0 Å². The molecule has 1 heterocycles. The molecule has 5 aliphatic carbocycles. The van der Waals surface area contributed by atoms with Gasteiger partial charge in [-0.15, -0.1) is 10.2 Å². The molecule has 5 unspecified atom stereocenters. The number of amides is 1.